The molecule has 4 rings (SSSR count). The number of thiophene rings is 1. The lowest BCUT2D eigenvalue weighted by Gasteiger charge is -2.35. The Bertz CT molecular complexity index is 1010. The zero-order valence-corrected chi connectivity index (χ0v) is 16.9. The molecule has 3 aromatic rings. The fourth-order valence-corrected chi connectivity index (χ4v) is 4.12. The average molecular weight is 411 g/mol. The number of carbonyl (C=O) groups is 2. The number of carbonyl (C=O) groups excluding carboxylic acids is 2. The molecule has 9 heteroatoms. The number of nitrogens with zero attached hydrogens (tertiary/aromatic N) is 4. The quantitative estimate of drug-likeness (QED) is 0.671. The summed E-state index contributed by atoms with van der Waals surface area (Å²) >= 11 is 1.62. The lowest BCUT2D eigenvalue weighted by Crippen LogP contribution is -2.49. The molecule has 0 spiro atoms. The minimum atomic E-state index is -0.123. The van der Waals surface area contributed by atoms with Gasteiger partial charge in [-0.1, -0.05) is 0 Å². The molecule has 29 heavy (non-hydrogen) atoms. The van der Waals surface area contributed by atoms with Crippen LogP contribution in [0.3, 0.4) is 0 Å². The van der Waals surface area contributed by atoms with Gasteiger partial charge in [0.2, 0.25) is 11.8 Å². The van der Waals surface area contributed by atoms with E-state index in [-0.39, 0.29) is 11.8 Å². The summed E-state index contributed by atoms with van der Waals surface area (Å²) in [5.74, 6) is 0.801. The first kappa shape index (κ1) is 19.3. The number of anilines is 3. The average Bonchev–Trinajstić information content (AvgIpc) is 3.19. The Morgan fingerprint density at radius 2 is 1.69 bits per heavy atom. The van der Waals surface area contributed by atoms with Gasteiger partial charge in [-0.3, -0.25) is 14.5 Å². The van der Waals surface area contributed by atoms with E-state index >= 15 is 0 Å². The van der Waals surface area contributed by atoms with Gasteiger partial charge in [-0.15, -0.1) is 11.3 Å². The van der Waals surface area contributed by atoms with E-state index in [0.29, 0.717) is 17.9 Å². The maximum Gasteiger partial charge on any atom is 0.238 e. The molecule has 3 heterocycles. The van der Waals surface area contributed by atoms with Gasteiger partial charge in [0.1, 0.15) is 17.0 Å². The normalized spacial score (nSPS) is 14.7. The van der Waals surface area contributed by atoms with Crippen molar-refractivity contribution in [1.29, 1.82) is 0 Å². The molecule has 1 fully saturated rings. The summed E-state index contributed by atoms with van der Waals surface area (Å²) in [7, 11) is 0. The predicted octanol–water partition coefficient (Wildman–Crippen LogP) is 2.41. The van der Waals surface area contributed by atoms with Crippen molar-refractivity contribution in [3.05, 3.63) is 42.0 Å². The molecule has 8 nitrogen and oxygen atoms in total. The van der Waals surface area contributed by atoms with Crippen molar-refractivity contribution in [2.75, 3.05) is 48.3 Å². The van der Waals surface area contributed by atoms with Gasteiger partial charge in [-0.05, 0) is 35.7 Å². The Morgan fingerprint density at radius 1 is 1.00 bits per heavy atom. The number of piperazine rings is 1. The van der Waals surface area contributed by atoms with Gasteiger partial charge in [0, 0.05) is 44.5 Å². The van der Waals surface area contributed by atoms with Crippen LogP contribution in [0, 0.1) is 0 Å². The van der Waals surface area contributed by atoms with E-state index < -0.39 is 0 Å². The lowest BCUT2D eigenvalue weighted by molar-refractivity contribution is -0.117. The van der Waals surface area contributed by atoms with Crippen molar-refractivity contribution in [1.82, 2.24) is 14.9 Å². The van der Waals surface area contributed by atoms with Crippen LogP contribution in [-0.4, -0.2) is 59.4 Å². The summed E-state index contributed by atoms with van der Waals surface area (Å²) < 4.78 is 0. The molecular weight excluding hydrogens is 388 g/mol. The summed E-state index contributed by atoms with van der Waals surface area (Å²) in [6, 6.07) is 9.16. The van der Waals surface area contributed by atoms with E-state index in [0.717, 1.165) is 42.2 Å². The molecule has 1 aromatic carbocycles. The molecule has 0 atom stereocenters. The maximum absolute atomic E-state index is 12.4. The topological polar surface area (TPSA) is 90.5 Å². The van der Waals surface area contributed by atoms with Crippen LogP contribution < -0.4 is 15.5 Å². The number of benzene rings is 1. The van der Waals surface area contributed by atoms with E-state index in [1.54, 1.807) is 41.9 Å². The lowest BCUT2D eigenvalue weighted by atomic mass is 10.2. The van der Waals surface area contributed by atoms with E-state index in [9.17, 15) is 9.59 Å². The smallest absolute Gasteiger partial charge is 0.238 e. The molecule has 1 saturated heterocycles. The first-order valence-corrected chi connectivity index (χ1v) is 10.3. The third-order valence-corrected chi connectivity index (χ3v) is 5.59. The molecule has 2 amide bonds. The highest BCUT2D eigenvalue weighted by Crippen LogP contribution is 2.27. The Kier molecular flexibility index (Phi) is 5.68. The van der Waals surface area contributed by atoms with E-state index in [2.05, 4.69) is 36.5 Å². The summed E-state index contributed by atoms with van der Waals surface area (Å²) in [5.41, 5.74) is 1.42. The number of amides is 2. The SMILES string of the molecule is CC(=O)Nc1ccc(NC(=O)CN2CCN(c3ncnc4sccc34)CC2)cc1. The van der Waals surface area contributed by atoms with Crippen molar-refractivity contribution in [2.45, 2.75) is 6.92 Å². The summed E-state index contributed by atoms with van der Waals surface area (Å²) in [4.78, 5) is 37.6. The summed E-state index contributed by atoms with van der Waals surface area (Å²) in [6.45, 7) is 5.04. The third kappa shape index (κ3) is 4.69. The minimum absolute atomic E-state index is 0.0482. The Morgan fingerprint density at radius 3 is 2.38 bits per heavy atom. The molecule has 0 aliphatic carbocycles. The van der Waals surface area contributed by atoms with Crippen molar-refractivity contribution in [3.63, 3.8) is 0 Å². The van der Waals surface area contributed by atoms with Crippen LogP contribution in [0.1, 0.15) is 6.92 Å². The van der Waals surface area contributed by atoms with Crippen LogP contribution in [0.4, 0.5) is 17.2 Å². The minimum Gasteiger partial charge on any atom is -0.353 e. The van der Waals surface area contributed by atoms with Crippen molar-refractivity contribution < 1.29 is 9.59 Å². The van der Waals surface area contributed by atoms with Crippen LogP contribution >= 0.6 is 11.3 Å². The summed E-state index contributed by atoms with van der Waals surface area (Å²) in [6.07, 6.45) is 1.62. The van der Waals surface area contributed by atoms with Crippen LogP contribution in [0.15, 0.2) is 42.0 Å². The zero-order valence-electron chi connectivity index (χ0n) is 16.1. The van der Waals surface area contributed by atoms with Crippen molar-refractivity contribution in [3.8, 4) is 0 Å². The number of hydrogen-bond acceptors (Lipinski definition) is 7. The van der Waals surface area contributed by atoms with Crippen LogP contribution in [-0.2, 0) is 9.59 Å². The van der Waals surface area contributed by atoms with Gasteiger partial charge in [-0.2, -0.15) is 0 Å². The largest absolute Gasteiger partial charge is 0.353 e. The van der Waals surface area contributed by atoms with Gasteiger partial charge in [0.15, 0.2) is 0 Å². The van der Waals surface area contributed by atoms with Gasteiger partial charge in [0.05, 0.1) is 11.9 Å². The Labute approximate surface area is 172 Å². The van der Waals surface area contributed by atoms with Gasteiger partial charge >= 0.3 is 0 Å². The molecular formula is C20H22N6O2S. The number of aromatic nitrogens is 2. The van der Waals surface area contributed by atoms with Crippen molar-refractivity contribution in [2.24, 2.45) is 0 Å². The zero-order chi connectivity index (χ0) is 20.2. The Hall–Kier alpha value is -3.04. The molecule has 0 saturated carbocycles. The van der Waals surface area contributed by atoms with E-state index in [4.69, 9.17) is 0 Å². The maximum atomic E-state index is 12.4. The molecule has 0 bridgehead atoms. The van der Waals surface area contributed by atoms with Gasteiger partial charge in [-0.25, -0.2) is 9.97 Å². The fraction of sp³-hybridized carbons (Fsp3) is 0.300. The molecule has 2 N–H and O–H groups in total. The fourth-order valence-electron chi connectivity index (χ4n) is 3.39. The van der Waals surface area contributed by atoms with Gasteiger partial charge < -0.3 is 15.5 Å². The number of hydrogen-bond donors (Lipinski definition) is 2. The van der Waals surface area contributed by atoms with Crippen LogP contribution in [0.5, 0.6) is 0 Å². The third-order valence-electron chi connectivity index (χ3n) is 4.77. The van der Waals surface area contributed by atoms with Crippen molar-refractivity contribution >= 4 is 50.6 Å². The second-order valence-electron chi connectivity index (χ2n) is 6.91. The highest BCUT2D eigenvalue weighted by atomic mass is 32.1. The van der Waals surface area contributed by atoms with E-state index in [1.165, 1.54) is 6.92 Å². The monoisotopic (exact) mass is 410 g/mol. The first-order valence-electron chi connectivity index (χ1n) is 9.41. The number of nitrogens with one attached hydrogen (secondary N) is 2. The molecule has 1 aliphatic heterocycles. The number of rotatable bonds is 5. The second-order valence-corrected chi connectivity index (χ2v) is 7.80. The first-order chi connectivity index (χ1) is 14.1. The molecule has 0 radical (unpaired) electrons. The molecule has 2 aromatic heterocycles. The highest BCUT2D eigenvalue weighted by molar-refractivity contribution is 7.16. The van der Waals surface area contributed by atoms with Crippen LogP contribution in [0.2, 0.25) is 0 Å². The van der Waals surface area contributed by atoms with Crippen LogP contribution in [0.25, 0.3) is 10.2 Å². The predicted molar refractivity (Wildman–Crippen MR) is 115 cm³/mol. The highest BCUT2D eigenvalue weighted by Gasteiger charge is 2.21. The van der Waals surface area contributed by atoms with E-state index in [1.807, 2.05) is 5.38 Å². The molecule has 0 unspecified atom stereocenters. The number of fused-ring (bicyclic) bond motifs is 1. The Balaban J connectivity index is 1.28. The van der Waals surface area contributed by atoms with Gasteiger partial charge in [0.25, 0.3) is 0 Å². The summed E-state index contributed by atoms with van der Waals surface area (Å²) in [5, 5.41) is 8.74. The second kappa shape index (κ2) is 8.54. The standard InChI is InChI=1S/C20H22N6O2S/c1-14(27)23-15-2-4-16(5-3-15)24-18(28)12-25-7-9-26(10-8-25)19-17-6-11-29-20(17)22-13-21-19/h2-6,11,13H,7-10,12H2,1H3,(H,23,27)(H,24,28). The molecule has 1 aliphatic rings. The molecule has 150 valence electrons.